The van der Waals surface area contributed by atoms with Gasteiger partial charge in [0.25, 0.3) is 5.91 Å². The number of rotatable bonds is 4. The van der Waals surface area contributed by atoms with E-state index in [9.17, 15) is 9.18 Å². The molecular formula is C13H14BrFN2O. The van der Waals surface area contributed by atoms with Crippen molar-refractivity contribution in [3.05, 3.63) is 34.1 Å². The molecule has 0 aliphatic rings. The average molecular weight is 313 g/mol. The van der Waals surface area contributed by atoms with Gasteiger partial charge in [0, 0.05) is 4.47 Å². The van der Waals surface area contributed by atoms with E-state index in [1.807, 2.05) is 13.8 Å². The van der Waals surface area contributed by atoms with Gasteiger partial charge in [-0.2, -0.15) is 5.26 Å². The van der Waals surface area contributed by atoms with Crippen molar-refractivity contribution in [2.75, 3.05) is 0 Å². The summed E-state index contributed by atoms with van der Waals surface area (Å²) < 4.78 is 14.0. The van der Waals surface area contributed by atoms with Crippen LogP contribution in [0.4, 0.5) is 4.39 Å². The van der Waals surface area contributed by atoms with Crippen LogP contribution in [0.15, 0.2) is 22.7 Å². The van der Waals surface area contributed by atoms with E-state index in [0.717, 1.165) is 0 Å². The fourth-order valence-corrected chi connectivity index (χ4v) is 2.13. The first-order valence-corrected chi connectivity index (χ1v) is 6.46. The number of amides is 1. The Morgan fingerprint density at radius 2 is 2.11 bits per heavy atom. The summed E-state index contributed by atoms with van der Waals surface area (Å²) in [4.78, 5) is 12.0. The molecule has 0 radical (unpaired) electrons. The first-order chi connectivity index (χ1) is 8.49. The summed E-state index contributed by atoms with van der Waals surface area (Å²) in [7, 11) is 0. The molecule has 0 saturated carbocycles. The second kappa shape index (κ2) is 5.96. The topological polar surface area (TPSA) is 52.9 Å². The number of carbonyl (C=O) groups is 1. The summed E-state index contributed by atoms with van der Waals surface area (Å²) in [6.07, 6.45) is 0.940. The third-order valence-corrected chi connectivity index (χ3v) is 3.62. The maximum Gasteiger partial charge on any atom is 0.256 e. The second-order valence-electron chi connectivity index (χ2n) is 3.95. The molecule has 0 aliphatic carbocycles. The fourth-order valence-electron chi connectivity index (χ4n) is 1.61. The summed E-state index contributed by atoms with van der Waals surface area (Å²) in [5, 5.41) is 11.7. The van der Waals surface area contributed by atoms with Crippen LogP contribution in [-0.2, 0) is 0 Å². The van der Waals surface area contributed by atoms with Crippen molar-refractivity contribution in [3.8, 4) is 6.07 Å². The number of nitrogens with one attached hydrogen (secondary N) is 1. The van der Waals surface area contributed by atoms with Gasteiger partial charge in [0.1, 0.15) is 11.4 Å². The van der Waals surface area contributed by atoms with Crippen molar-refractivity contribution in [3.63, 3.8) is 0 Å². The van der Waals surface area contributed by atoms with Crippen LogP contribution in [0, 0.1) is 17.1 Å². The Bertz CT molecular complexity index is 472. The van der Waals surface area contributed by atoms with E-state index >= 15 is 0 Å². The van der Waals surface area contributed by atoms with E-state index in [1.165, 1.54) is 12.1 Å². The minimum Gasteiger partial charge on any atom is -0.334 e. The molecule has 96 valence electrons. The second-order valence-corrected chi connectivity index (χ2v) is 4.81. The van der Waals surface area contributed by atoms with Crippen LogP contribution in [0.25, 0.3) is 0 Å². The lowest BCUT2D eigenvalue weighted by Gasteiger charge is -2.25. The van der Waals surface area contributed by atoms with Crippen LogP contribution in [0.3, 0.4) is 0 Å². The van der Waals surface area contributed by atoms with Gasteiger partial charge in [0.2, 0.25) is 0 Å². The van der Waals surface area contributed by atoms with Gasteiger partial charge in [-0.05, 0) is 40.9 Å². The van der Waals surface area contributed by atoms with Crippen LogP contribution in [-0.4, -0.2) is 11.4 Å². The molecular weight excluding hydrogens is 299 g/mol. The van der Waals surface area contributed by atoms with Crippen molar-refractivity contribution in [2.45, 2.75) is 32.2 Å². The molecule has 1 N–H and O–H groups in total. The van der Waals surface area contributed by atoms with Gasteiger partial charge in [-0.15, -0.1) is 0 Å². The summed E-state index contributed by atoms with van der Waals surface area (Å²) in [5.74, 6) is -1.19. The molecule has 0 spiro atoms. The number of benzene rings is 1. The van der Waals surface area contributed by atoms with Crippen LogP contribution in [0.2, 0.25) is 0 Å². The fraction of sp³-hybridized carbons (Fsp3) is 0.385. The monoisotopic (exact) mass is 312 g/mol. The third kappa shape index (κ3) is 2.88. The lowest BCUT2D eigenvalue weighted by atomic mass is 9.94. The van der Waals surface area contributed by atoms with Crippen LogP contribution in [0.5, 0.6) is 0 Å². The van der Waals surface area contributed by atoms with E-state index in [4.69, 9.17) is 5.26 Å². The van der Waals surface area contributed by atoms with Crippen molar-refractivity contribution >= 4 is 21.8 Å². The summed E-state index contributed by atoms with van der Waals surface area (Å²) in [6.45, 7) is 3.62. The molecule has 1 amide bonds. The van der Waals surface area contributed by atoms with Crippen molar-refractivity contribution in [1.29, 1.82) is 5.26 Å². The average Bonchev–Trinajstić information content (AvgIpc) is 2.36. The van der Waals surface area contributed by atoms with E-state index < -0.39 is 17.3 Å². The number of nitrogens with zero attached hydrogens (tertiary/aromatic N) is 1. The SMILES string of the molecule is CCC(C#N)(CC)NC(=O)c1c(F)cccc1Br. The Labute approximate surface area is 114 Å². The first kappa shape index (κ1) is 14.7. The normalized spacial score (nSPS) is 10.8. The quantitative estimate of drug-likeness (QED) is 0.926. The first-order valence-electron chi connectivity index (χ1n) is 5.67. The Morgan fingerprint density at radius 1 is 1.50 bits per heavy atom. The van der Waals surface area contributed by atoms with Gasteiger partial charge < -0.3 is 5.32 Å². The van der Waals surface area contributed by atoms with Crippen molar-refractivity contribution in [1.82, 2.24) is 5.32 Å². The van der Waals surface area contributed by atoms with Gasteiger partial charge >= 0.3 is 0 Å². The van der Waals surface area contributed by atoms with Crippen molar-refractivity contribution < 1.29 is 9.18 Å². The molecule has 18 heavy (non-hydrogen) atoms. The van der Waals surface area contributed by atoms with Crippen molar-refractivity contribution in [2.24, 2.45) is 0 Å². The van der Waals surface area contributed by atoms with Crippen LogP contribution >= 0.6 is 15.9 Å². The number of hydrogen-bond donors (Lipinski definition) is 1. The van der Waals surface area contributed by atoms with E-state index in [1.54, 1.807) is 6.07 Å². The molecule has 0 saturated heterocycles. The zero-order valence-corrected chi connectivity index (χ0v) is 11.8. The van der Waals surface area contributed by atoms with E-state index in [0.29, 0.717) is 17.3 Å². The minimum atomic E-state index is -0.946. The molecule has 0 heterocycles. The molecule has 0 aromatic heterocycles. The molecule has 3 nitrogen and oxygen atoms in total. The highest BCUT2D eigenvalue weighted by molar-refractivity contribution is 9.10. The number of nitriles is 1. The maximum absolute atomic E-state index is 13.6. The molecule has 5 heteroatoms. The smallest absolute Gasteiger partial charge is 0.256 e. The zero-order chi connectivity index (χ0) is 13.8. The maximum atomic E-state index is 13.6. The Morgan fingerprint density at radius 3 is 2.56 bits per heavy atom. The van der Waals surface area contributed by atoms with Gasteiger partial charge in [-0.3, -0.25) is 4.79 Å². The molecule has 0 aliphatic heterocycles. The molecule has 0 unspecified atom stereocenters. The highest BCUT2D eigenvalue weighted by Gasteiger charge is 2.29. The predicted molar refractivity (Wildman–Crippen MR) is 70.5 cm³/mol. The Kier molecular flexibility index (Phi) is 4.85. The number of halogens is 2. The van der Waals surface area contributed by atoms with E-state index in [2.05, 4.69) is 27.3 Å². The molecule has 0 atom stereocenters. The largest absolute Gasteiger partial charge is 0.334 e. The number of carbonyl (C=O) groups excluding carboxylic acids is 1. The molecule has 0 fully saturated rings. The zero-order valence-electron chi connectivity index (χ0n) is 10.3. The molecule has 1 rings (SSSR count). The van der Waals surface area contributed by atoms with Gasteiger partial charge in [0.15, 0.2) is 0 Å². The van der Waals surface area contributed by atoms with Gasteiger partial charge in [-0.1, -0.05) is 19.9 Å². The standard InChI is InChI=1S/C13H14BrFN2O/c1-3-13(4-2,8-16)17-12(18)11-9(14)6-5-7-10(11)15/h5-7H,3-4H2,1-2H3,(H,17,18). The number of hydrogen-bond acceptors (Lipinski definition) is 2. The lowest BCUT2D eigenvalue weighted by molar-refractivity contribution is 0.0910. The summed E-state index contributed by atoms with van der Waals surface area (Å²) in [6, 6.07) is 6.39. The molecule has 0 bridgehead atoms. The molecule has 1 aromatic rings. The predicted octanol–water partition coefficient (Wildman–Crippen LogP) is 3.40. The Balaban J connectivity index is 3.06. The Hall–Kier alpha value is -1.41. The van der Waals surface area contributed by atoms with Gasteiger partial charge in [-0.25, -0.2) is 4.39 Å². The summed E-state index contributed by atoms with van der Waals surface area (Å²) >= 11 is 3.14. The van der Waals surface area contributed by atoms with Crippen LogP contribution < -0.4 is 5.32 Å². The molecule has 1 aromatic carbocycles. The van der Waals surface area contributed by atoms with Crippen LogP contribution in [0.1, 0.15) is 37.0 Å². The minimum absolute atomic E-state index is 0.0703. The summed E-state index contributed by atoms with van der Waals surface area (Å²) in [5.41, 5.74) is -1.02. The highest BCUT2D eigenvalue weighted by Crippen LogP contribution is 2.22. The van der Waals surface area contributed by atoms with E-state index in [-0.39, 0.29) is 5.56 Å². The lowest BCUT2D eigenvalue weighted by Crippen LogP contribution is -2.46. The highest BCUT2D eigenvalue weighted by atomic mass is 79.9. The van der Waals surface area contributed by atoms with Gasteiger partial charge in [0.05, 0.1) is 11.6 Å². The third-order valence-electron chi connectivity index (χ3n) is 2.96.